The summed E-state index contributed by atoms with van der Waals surface area (Å²) >= 11 is 0. The van der Waals surface area contributed by atoms with Crippen molar-refractivity contribution in [1.29, 1.82) is 0 Å². The summed E-state index contributed by atoms with van der Waals surface area (Å²) in [7, 11) is -3.49. The van der Waals surface area contributed by atoms with Crippen molar-refractivity contribution in [2.75, 3.05) is 13.1 Å². The lowest BCUT2D eigenvalue weighted by Gasteiger charge is -2.24. The van der Waals surface area contributed by atoms with Gasteiger partial charge in [0, 0.05) is 18.2 Å². The molecule has 0 spiro atoms. The Kier molecular flexibility index (Phi) is 5.50. The van der Waals surface area contributed by atoms with Crippen LogP contribution in [0.25, 0.3) is 0 Å². The van der Waals surface area contributed by atoms with Gasteiger partial charge in [-0.1, -0.05) is 36.4 Å². The van der Waals surface area contributed by atoms with Crippen molar-refractivity contribution < 1.29 is 13.2 Å². The molecule has 1 fully saturated rings. The normalized spacial score (nSPS) is 17.8. The standard InChI is InChI=1S/C19H22N2O3S/c22-19(21-16-8-6-12-20-13-16)18-11-5-4-7-15(18)14-25(23,24)17-9-2-1-3-10-17/h1-5,7,9-11,16,20H,6,8,12-14H2,(H,21,22). The summed E-state index contributed by atoms with van der Waals surface area (Å²) < 4.78 is 25.2. The van der Waals surface area contributed by atoms with E-state index >= 15 is 0 Å². The highest BCUT2D eigenvalue weighted by Crippen LogP contribution is 2.19. The Labute approximate surface area is 148 Å². The minimum absolute atomic E-state index is 0.0834. The molecule has 1 saturated heterocycles. The fourth-order valence-electron chi connectivity index (χ4n) is 3.02. The van der Waals surface area contributed by atoms with Crippen LogP contribution in [0.1, 0.15) is 28.8 Å². The number of rotatable bonds is 5. The fraction of sp³-hybridized carbons (Fsp3) is 0.316. The van der Waals surface area contributed by atoms with Gasteiger partial charge in [-0.2, -0.15) is 0 Å². The molecule has 0 radical (unpaired) electrons. The Morgan fingerprint density at radius 1 is 1.08 bits per heavy atom. The maximum absolute atomic E-state index is 12.6. The van der Waals surface area contributed by atoms with Gasteiger partial charge in [0.15, 0.2) is 9.84 Å². The van der Waals surface area contributed by atoms with E-state index in [1.807, 2.05) is 0 Å². The van der Waals surface area contributed by atoms with Gasteiger partial charge in [0.25, 0.3) is 5.91 Å². The monoisotopic (exact) mass is 358 g/mol. The molecule has 2 N–H and O–H groups in total. The van der Waals surface area contributed by atoms with E-state index in [0.29, 0.717) is 11.1 Å². The minimum Gasteiger partial charge on any atom is -0.348 e. The molecule has 2 aromatic rings. The third-order valence-corrected chi connectivity index (χ3v) is 6.02. The third-order valence-electron chi connectivity index (χ3n) is 4.34. The largest absolute Gasteiger partial charge is 0.348 e. The second kappa shape index (κ2) is 7.80. The number of hydrogen-bond acceptors (Lipinski definition) is 4. The van der Waals surface area contributed by atoms with Crippen LogP contribution in [0.3, 0.4) is 0 Å². The van der Waals surface area contributed by atoms with Crippen molar-refractivity contribution in [3.63, 3.8) is 0 Å². The van der Waals surface area contributed by atoms with Crippen molar-refractivity contribution in [3.8, 4) is 0 Å². The van der Waals surface area contributed by atoms with E-state index in [0.717, 1.165) is 25.9 Å². The van der Waals surface area contributed by atoms with Crippen molar-refractivity contribution in [3.05, 3.63) is 65.7 Å². The van der Waals surface area contributed by atoms with Crippen molar-refractivity contribution in [2.45, 2.75) is 29.5 Å². The maximum Gasteiger partial charge on any atom is 0.251 e. The van der Waals surface area contributed by atoms with Crippen molar-refractivity contribution in [2.24, 2.45) is 0 Å². The molecule has 1 aliphatic rings. The SMILES string of the molecule is O=C(NC1CCCNC1)c1ccccc1CS(=O)(=O)c1ccccc1. The summed E-state index contributed by atoms with van der Waals surface area (Å²) in [6.45, 7) is 1.72. The number of amides is 1. The van der Waals surface area contributed by atoms with Crippen LogP contribution in [-0.2, 0) is 15.6 Å². The van der Waals surface area contributed by atoms with Gasteiger partial charge in [0.1, 0.15) is 0 Å². The van der Waals surface area contributed by atoms with Crippen LogP contribution >= 0.6 is 0 Å². The zero-order chi connectivity index (χ0) is 17.7. The predicted octanol–water partition coefficient (Wildman–Crippen LogP) is 2.14. The minimum atomic E-state index is -3.49. The summed E-state index contributed by atoms with van der Waals surface area (Å²) in [5, 5.41) is 6.26. The highest BCUT2D eigenvalue weighted by molar-refractivity contribution is 7.90. The molecule has 0 saturated carbocycles. The van der Waals surface area contributed by atoms with Crippen LogP contribution in [0, 0.1) is 0 Å². The van der Waals surface area contributed by atoms with E-state index in [9.17, 15) is 13.2 Å². The quantitative estimate of drug-likeness (QED) is 0.859. The number of nitrogens with one attached hydrogen (secondary N) is 2. The summed E-state index contributed by atoms with van der Waals surface area (Å²) in [6.07, 6.45) is 1.96. The zero-order valence-corrected chi connectivity index (χ0v) is 14.8. The van der Waals surface area contributed by atoms with E-state index in [4.69, 9.17) is 0 Å². The molecule has 1 aliphatic heterocycles. The first kappa shape index (κ1) is 17.6. The van der Waals surface area contributed by atoms with Crippen molar-refractivity contribution in [1.82, 2.24) is 10.6 Å². The van der Waals surface area contributed by atoms with Gasteiger partial charge in [0.2, 0.25) is 0 Å². The summed E-state index contributed by atoms with van der Waals surface area (Å²) in [5.74, 6) is -0.406. The molecule has 25 heavy (non-hydrogen) atoms. The van der Waals surface area contributed by atoms with Crippen LogP contribution in [0.2, 0.25) is 0 Å². The average molecular weight is 358 g/mol. The Balaban J connectivity index is 1.80. The molecule has 0 aromatic heterocycles. The number of sulfone groups is 1. The van der Waals surface area contributed by atoms with Gasteiger partial charge >= 0.3 is 0 Å². The molecule has 2 aromatic carbocycles. The molecule has 0 bridgehead atoms. The summed E-state index contributed by atoms with van der Waals surface area (Å²) in [5.41, 5.74) is 0.945. The topological polar surface area (TPSA) is 75.3 Å². The van der Waals surface area contributed by atoms with Crippen LogP contribution in [0.4, 0.5) is 0 Å². The van der Waals surface area contributed by atoms with Crippen LogP contribution in [0.15, 0.2) is 59.5 Å². The van der Waals surface area contributed by atoms with Crippen LogP contribution < -0.4 is 10.6 Å². The molecule has 3 rings (SSSR count). The maximum atomic E-state index is 12.6. The molecule has 132 valence electrons. The lowest BCUT2D eigenvalue weighted by atomic mass is 10.1. The molecule has 1 atom stereocenters. The number of carbonyl (C=O) groups is 1. The van der Waals surface area contributed by atoms with E-state index in [1.54, 1.807) is 54.6 Å². The fourth-order valence-corrected chi connectivity index (χ4v) is 4.42. The van der Waals surface area contributed by atoms with Crippen LogP contribution in [-0.4, -0.2) is 33.5 Å². The van der Waals surface area contributed by atoms with E-state index in [1.165, 1.54) is 0 Å². The Bertz CT molecular complexity index is 829. The Morgan fingerprint density at radius 3 is 2.52 bits per heavy atom. The van der Waals surface area contributed by atoms with Gasteiger partial charge < -0.3 is 10.6 Å². The van der Waals surface area contributed by atoms with E-state index in [-0.39, 0.29) is 22.6 Å². The van der Waals surface area contributed by atoms with Gasteiger partial charge in [0.05, 0.1) is 10.6 Å². The lowest BCUT2D eigenvalue weighted by molar-refractivity contribution is 0.0930. The molecular formula is C19H22N2O3S. The molecule has 5 nitrogen and oxygen atoms in total. The second-order valence-corrected chi connectivity index (χ2v) is 8.24. The highest BCUT2D eigenvalue weighted by atomic mass is 32.2. The first-order valence-corrected chi connectivity index (χ1v) is 10.1. The third kappa shape index (κ3) is 4.46. The number of carbonyl (C=O) groups excluding carboxylic acids is 1. The first-order valence-electron chi connectivity index (χ1n) is 8.43. The molecular weight excluding hydrogens is 336 g/mol. The number of piperidine rings is 1. The zero-order valence-electron chi connectivity index (χ0n) is 13.9. The van der Waals surface area contributed by atoms with Gasteiger partial charge in [-0.15, -0.1) is 0 Å². The van der Waals surface area contributed by atoms with Crippen LogP contribution in [0.5, 0.6) is 0 Å². The smallest absolute Gasteiger partial charge is 0.251 e. The summed E-state index contributed by atoms with van der Waals surface area (Å²) in [4.78, 5) is 12.9. The molecule has 1 unspecified atom stereocenters. The van der Waals surface area contributed by atoms with Crippen molar-refractivity contribution >= 4 is 15.7 Å². The highest BCUT2D eigenvalue weighted by Gasteiger charge is 2.21. The Morgan fingerprint density at radius 2 is 1.80 bits per heavy atom. The lowest BCUT2D eigenvalue weighted by Crippen LogP contribution is -2.45. The van der Waals surface area contributed by atoms with E-state index < -0.39 is 9.84 Å². The number of benzene rings is 2. The average Bonchev–Trinajstić information content (AvgIpc) is 2.63. The predicted molar refractivity (Wildman–Crippen MR) is 97.1 cm³/mol. The van der Waals surface area contributed by atoms with Gasteiger partial charge in [-0.05, 0) is 43.1 Å². The first-order chi connectivity index (χ1) is 12.1. The summed E-state index contributed by atoms with van der Waals surface area (Å²) in [6, 6.07) is 15.3. The second-order valence-electron chi connectivity index (χ2n) is 6.25. The molecule has 1 amide bonds. The van der Waals surface area contributed by atoms with Gasteiger partial charge in [-0.3, -0.25) is 4.79 Å². The molecule has 6 heteroatoms. The molecule has 1 heterocycles. The Hall–Kier alpha value is -2.18. The molecule has 0 aliphatic carbocycles. The van der Waals surface area contributed by atoms with E-state index in [2.05, 4.69) is 10.6 Å². The number of hydrogen-bond donors (Lipinski definition) is 2. The van der Waals surface area contributed by atoms with Gasteiger partial charge in [-0.25, -0.2) is 8.42 Å².